The average molecular weight is 334 g/mol. The smallest absolute Gasteiger partial charge is 0.223 e. The number of carbonyl (C=O) groups is 1. The van der Waals surface area contributed by atoms with E-state index in [2.05, 4.69) is 62.5 Å². The largest absolute Gasteiger partial charge is 0.339 e. The Bertz CT molecular complexity index is 859. The lowest BCUT2D eigenvalue weighted by molar-refractivity contribution is -0.131. The highest BCUT2D eigenvalue weighted by Crippen LogP contribution is 2.24. The molecule has 1 N–H and O–H groups in total. The molecule has 0 spiro atoms. The number of rotatable bonds is 5. The number of hydrogen-bond donors (Lipinski definition) is 1. The summed E-state index contributed by atoms with van der Waals surface area (Å²) in [6.45, 7) is 0.869. The number of hydrogen-bond acceptors (Lipinski definition) is 3. The summed E-state index contributed by atoms with van der Waals surface area (Å²) in [4.78, 5) is 18.8. The third-order valence-electron chi connectivity index (χ3n) is 5.02. The molecule has 3 aromatic rings. The van der Waals surface area contributed by atoms with E-state index in [0.29, 0.717) is 18.9 Å². The molecule has 4 rings (SSSR count). The lowest BCUT2D eigenvalue weighted by Crippen LogP contribution is -2.37. The van der Waals surface area contributed by atoms with Crippen molar-refractivity contribution in [1.29, 1.82) is 0 Å². The van der Waals surface area contributed by atoms with Gasteiger partial charge in [0, 0.05) is 25.4 Å². The van der Waals surface area contributed by atoms with Gasteiger partial charge in [-0.3, -0.25) is 9.89 Å². The van der Waals surface area contributed by atoms with Crippen molar-refractivity contribution < 1.29 is 4.79 Å². The summed E-state index contributed by atoms with van der Waals surface area (Å²) in [5.41, 5.74) is 1.30. The summed E-state index contributed by atoms with van der Waals surface area (Å²) < 4.78 is 0. The van der Waals surface area contributed by atoms with E-state index < -0.39 is 0 Å². The van der Waals surface area contributed by atoms with Gasteiger partial charge in [0.15, 0.2) is 0 Å². The van der Waals surface area contributed by atoms with Crippen LogP contribution in [0.15, 0.2) is 48.8 Å². The number of benzene rings is 2. The average Bonchev–Trinajstić information content (AvgIpc) is 3.31. The zero-order valence-corrected chi connectivity index (χ0v) is 14.2. The second-order valence-corrected chi connectivity index (χ2v) is 6.70. The lowest BCUT2D eigenvalue weighted by Gasteiger charge is -2.25. The molecule has 128 valence electrons. The fraction of sp³-hybridized carbons (Fsp3) is 0.350. The maximum absolute atomic E-state index is 12.6. The van der Waals surface area contributed by atoms with Gasteiger partial charge >= 0.3 is 0 Å². The first kappa shape index (κ1) is 15.8. The molecule has 1 aliphatic rings. The quantitative estimate of drug-likeness (QED) is 0.780. The van der Waals surface area contributed by atoms with Crippen LogP contribution in [0.1, 0.15) is 30.7 Å². The van der Waals surface area contributed by atoms with Crippen LogP contribution < -0.4 is 0 Å². The Hall–Kier alpha value is -2.69. The topological polar surface area (TPSA) is 61.9 Å². The Balaban J connectivity index is 1.42. The Morgan fingerprint density at radius 1 is 1.20 bits per heavy atom. The van der Waals surface area contributed by atoms with Crippen LogP contribution in [0.5, 0.6) is 0 Å². The molecule has 1 atom stereocenters. The molecule has 1 saturated heterocycles. The Labute approximate surface area is 147 Å². The monoisotopic (exact) mass is 334 g/mol. The summed E-state index contributed by atoms with van der Waals surface area (Å²) >= 11 is 0. The zero-order valence-electron chi connectivity index (χ0n) is 14.2. The summed E-state index contributed by atoms with van der Waals surface area (Å²) in [5.74, 6) is 0.998. The van der Waals surface area contributed by atoms with E-state index in [1.165, 1.54) is 22.7 Å². The van der Waals surface area contributed by atoms with Crippen LogP contribution in [0.25, 0.3) is 10.8 Å². The van der Waals surface area contributed by atoms with Crippen molar-refractivity contribution in [3.8, 4) is 0 Å². The van der Waals surface area contributed by atoms with Crippen molar-refractivity contribution in [3.05, 3.63) is 60.2 Å². The second-order valence-electron chi connectivity index (χ2n) is 6.70. The molecular formula is C20H22N4O. The molecule has 2 aromatic carbocycles. The van der Waals surface area contributed by atoms with Gasteiger partial charge in [0.25, 0.3) is 0 Å². The number of amides is 1. The lowest BCUT2D eigenvalue weighted by atomic mass is 10.00. The highest BCUT2D eigenvalue weighted by molar-refractivity contribution is 5.83. The molecule has 1 aliphatic heterocycles. The Morgan fingerprint density at radius 3 is 2.92 bits per heavy atom. The zero-order chi connectivity index (χ0) is 17.1. The summed E-state index contributed by atoms with van der Waals surface area (Å²) in [6, 6.07) is 15.3. The van der Waals surface area contributed by atoms with E-state index in [0.717, 1.165) is 31.6 Å². The molecular weight excluding hydrogens is 312 g/mol. The molecule has 25 heavy (non-hydrogen) atoms. The van der Waals surface area contributed by atoms with Gasteiger partial charge in [0.1, 0.15) is 12.2 Å². The maximum Gasteiger partial charge on any atom is 0.223 e. The van der Waals surface area contributed by atoms with Gasteiger partial charge in [-0.2, -0.15) is 5.10 Å². The molecule has 5 heteroatoms. The predicted molar refractivity (Wildman–Crippen MR) is 97.1 cm³/mol. The van der Waals surface area contributed by atoms with E-state index in [1.807, 2.05) is 0 Å². The van der Waals surface area contributed by atoms with Crippen LogP contribution in [0.2, 0.25) is 0 Å². The second kappa shape index (κ2) is 7.05. The number of nitrogens with zero attached hydrogens (tertiary/aromatic N) is 3. The fourth-order valence-corrected chi connectivity index (χ4v) is 3.73. The van der Waals surface area contributed by atoms with Crippen molar-refractivity contribution in [1.82, 2.24) is 20.1 Å². The fourth-order valence-electron chi connectivity index (χ4n) is 3.73. The number of nitrogens with one attached hydrogen (secondary N) is 1. The minimum absolute atomic E-state index is 0.222. The standard InChI is InChI=1S/C20H22N4O/c25-20(10-9-19-21-14-22-23-19)24-11-3-6-18(24)13-15-7-8-16-4-1-2-5-17(16)12-15/h1-2,4-5,7-8,12,14,18H,3,6,9-11,13H2,(H,21,22,23). The van der Waals surface area contributed by atoms with Gasteiger partial charge in [0.05, 0.1) is 0 Å². The van der Waals surface area contributed by atoms with Gasteiger partial charge in [-0.25, -0.2) is 4.98 Å². The van der Waals surface area contributed by atoms with E-state index in [4.69, 9.17) is 0 Å². The van der Waals surface area contributed by atoms with Crippen LogP contribution in [0.3, 0.4) is 0 Å². The molecule has 0 radical (unpaired) electrons. The number of carbonyl (C=O) groups excluding carboxylic acids is 1. The minimum atomic E-state index is 0.222. The minimum Gasteiger partial charge on any atom is -0.339 e. The van der Waals surface area contributed by atoms with Crippen LogP contribution in [-0.2, 0) is 17.6 Å². The first-order valence-corrected chi connectivity index (χ1v) is 8.91. The first-order valence-electron chi connectivity index (χ1n) is 8.91. The molecule has 0 aliphatic carbocycles. The van der Waals surface area contributed by atoms with Gasteiger partial charge in [0.2, 0.25) is 5.91 Å². The maximum atomic E-state index is 12.6. The van der Waals surface area contributed by atoms with Crippen LogP contribution in [0.4, 0.5) is 0 Å². The number of likely N-dealkylation sites (tertiary alicyclic amines) is 1. The van der Waals surface area contributed by atoms with Crippen molar-refractivity contribution in [2.24, 2.45) is 0 Å². The van der Waals surface area contributed by atoms with Crippen LogP contribution in [-0.4, -0.2) is 38.6 Å². The normalized spacial score (nSPS) is 17.3. The number of aryl methyl sites for hydroxylation is 1. The molecule has 0 saturated carbocycles. The van der Waals surface area contributed by atoms with E-state index >= 15 is 0 Å². The highest BCUT2D eigenvalue weighted by atomic mass is 16.2. The molecule has 1 aromatic heterocycles. The molecule has 0 bridgehead atoms. The van der Waals surface area contributed by atoms with Crippen molar-refractivity contribution >= 4 is 16.7 Å². The van der Waals surface area contributed by atoms with Crippen molar-refractivity contribution in [3.63, 3.8) is 0 Å². The molecule has 5 nitrogen and oxygen atoms in total. The molecule has 1 unspecified atom stereocenters. The third-order valence-corrected chi connectivity index (χ3v) is 5.02. The molecule has 1 fully saturated rings. The van der Waals surface area contributed by atoms with E-state index in [9.17, 15) is 4.79 Å². The summed E-state index contributed by atoms with van der Waals surface area (Å²) in [6.07, 6.45) is 5.70. The number of aromatic nitrogens is 3. The van der Waals surface area contributed by atoms with E-state index in [1.54, 1.807) is 0 Å². The van der Waals surface area contributed by atoms with Crippen LogP contribution in [0, 0.1) is 0 Å². The molecule has 2 heterocycles. The van der Waals surface area contributed by atoms with Gasteiger partial charge in [-0.15, -0.1) is 0 Å². The third kappa shape index (κ3) is 3.55. The number of fused-ring (bicyclic) bond motifs is 1. The highest BCUT2D eigenvalue weighted by Gasteiger charge is 2.28. The Morgan fingerprint density at radius 2 is 2.08 bits per heavy atom. The summed E-state index contributed by atoms with van der Waals surface area (Å²) in [5, 5.41) is 9.18. The molecule has 1 amide bonds. The predicted octanol–water partition coefficient (Wildman–Crippen LogP) is 3.12. The number of H-pyrrole nitrogens is 1. The SMILES string of the molecule is O=C(CCc1ncn[nH]1)N1CCCC1Cc1ccc2ccccc2c1. The Kier molecular flexibility index (Phi) is 4.46. The van der Waals surface area contributed by atoms with Gasteiger partial charge in [-0.05, 0) is 35.6 Å². The number of aromatic amines is 1. The van der Waals surface area contributed by atoms with Gasteiger partial charge < -0.3 is 4.90 Å². The van der Waals surface area contributed by atoms with E-state index in [-0.39, 0.29) is 5.91 Å². The van der Waals surface area contributed by atoms with Gasteiger partial charge in [-0.1, -0.05) is 42.5 Å². The van der Waals surface area contributed by atoms with Crippen molar-refractivity contribution in [2.45, 2.75) is 38.1 Å². The first-order chi connectivity index (χ1) is 12.3. The van der Waals surface area contributed by atoms with Crippen molar-refractivity contribution in [2.75, 3.05) is 6.54 Å². The van der Waals surface area contributed by atoms with Crippen LogP contribution >= 0.6 is 0 Å². The summed E-state index contributed by atoms with van der Waals surface area (Å²) in [7, 11) is 0.